The number of hydrogen-bond acceptors (Lipinski definition) is 5. The Morgan fingerprint density at radius 3 is 3.05 bits per heavy atom. The highest BCUT2D eigenvalue weighted by Gasteiger charge is 2.24. The van der Waals surface area contributed by atoms with Crippen molar-refractivity contribution in [2.75, 3.05) is 25.1 Å². The van der Waals surface area contributed by atoms with Crippen LogP contribution in [0.15, 0.2) is 6.07 Å². The van der Waals surface area contributed by atoms with Crippen LogP contribution in [0.1, 0.15) is 25.1 Å². The van der Waals surface area contributed by atoms with Gasteiger partial charge in [0.15, 0.2) is 0 Å². The molecule has 0 aliphatic carbocycles. The number of rotatable bonds is 5. The van der Waals surface area contributed by atoms with E-state index in [0.717, 1.165) is 31.7 Å². The monoisotopic (exact) mass is 265 g/mol. The summed E-state index contributed by atoms with van der Waals surface area (Å²) in [6, 6.07) is 1.83. The Morgan fingerprint density at radius 1 is 1.58 bits per heavy atom. The van der Waals surface area contributed by atoms with Crippen LogP contribution in [0.4, 0.5) is 5.82 Å². The Bertz CT molecular complexity index is 464. The molecule has 1 aliphatic heterocycles. The van der Waals surface area contributed by atoms with Crippen molar-refractivity contribution in [3.8, 4) is 5.88 Å². The molecule has 1 saturated heterocycles. The Morgan fingerprint density at radius 2 is 2.37 bits per heavy atom. The van der Waals surface area contributed by atoms with Gasteiger partial charge < -0.3 is 14.7 Å². The number of aromatic nitrogens is 2. The maximum Gasteiger partial charge on any atom is 0.303 e. The highest BCUT2D eigenvalue weighted by atomic mass is 16.5. The fourth-order valence-corrected chi connectivity index (χ4v) is 2.40. The fraction of sp³-hybridized carbons (Fsp3) is 0.615. The van der Waals surface area contributed by atoms with Crippen LogP contribution in [-0.2, 0) is 4.79 Å². The normalized spacial score (nSPS) is 18.6. The van der Waals surface area contributed by atoms with E-state index >= 15 is 0 Å². The number of anilines is 1. The maximum absolute atomic E-state index is 10.6. The van der Waals surface area contributed by atoms with Gasteiger partial charge in [-0.1, -0.05) is 0 Å². The van der Waals surface area contributed by atoms with Gasteiger partial charge in [-0.25, -0.2) is 4.98 Å². The van der Waals surface area contributed by atoms with Crippen LogP contribution in [0.25, 0.3) is 0 Å². The standard InChI is InChI=1S/C13H19N3O3/c1-9-14-11(7-12(15-9)19-2)16-6-5-10(8-16)3-4-13(17)18/h7,10H,3-6,8H2,1-2H3,(H,17,18). The van der Waals surface area contributed by atoms with Crippen LogP contribution in [0.2, 0.25) is 0 Å². The molecule has 1 aromatic rings. The molecule has 6 heteroatoms. The molecule has 2 heterocycles. The second kappa shape index (κ2) is 5.86. The third-order valence-electron chi connectivity index (χ3n) is 3.39. The summed E-state index contributed by atoms with van der Waals surface area (Å²) in [5.74, 6) is 1.82. The Labute approximate surface area is 112 Å². The smallest absolute Gasteiger partial charge is 0.303 e. The molecule has 104 valence electrons. The van der Waals surface area contributed by atoms with E-state index in [4.69, 9.17) is 9.84 Å². The van der Waals surface area contributed by atoms with Crippen LogP contribution in [0.5, 0.6) is 5.88 Å². The number of aryl methyl sites for hydroxylation is 1. The molecule has 1 aromatic heterocycles. The highest BCUT2D eigenvalue weighted by Crippen LogP contribution is 2.26. The third kappa shape index (κ3) is 3.56. The second-order valence-corrected chi connectivity index (χ2v) is 4.85. The number of ether oxygens (including phenoxy) is 1. The average Bonchev–Trinajstić information content (AvgIpc) is 2.84. The van der Waals surface area contributed by atoms with Gasteiger partial charge in [0.05, 0.1) is 7.11 Å². The number of nitrogens with zero attached hydrogens (tertiary/aromatic N) is 3. The molecule has 0 saturated carbocycles. The third-order valence-corrected chi connectivity index (χ3v) is 3.39. The van der Waals surface area contributed by atoms with Gasteiger partial charge in [-0.15, -0.1) is 0 Å². The molecule has 6 nitrogen and oxygen atoms in total. The summed E-state index contributed by atoms with van der Waals surface area (Å²) in [7, 11) is 1.59. The van der Waals surface area contributed by atoms with E-state index in [-0.39, 0.29) is 6.42 Å². The first-order valence-electron chi connectivity index (χ1n) is 6.45. The Balaban J connectivity index is 2.00. The van der Waals surface area contributed by atoms with Gasteiger partial charge in [-0.3, -0.25) is 4.79 Å². The molecular formula is C13H19N3O3. The SMILES string of the molecule is COc1cc(N2CCC(CCC(=O)O)C2)nc(C)n1. The minimum atomic E-state index is -0.724. The van der Waals surface area contributed by atoms with Crippen LogP contribution in [0, 0.1) is 12.8 Å². The number of carbonyl (C=O) groups is 1. The molecule has 19 heavy (non-hydrogen) atoms. The van der Waals surface area contributed by atoms with Crippen LogP contribution in [-0.4, -0.2) is 41.2 Å². The van der Waals surface area contributed by atoms with Gasteiger partial charge in [0.1, 0.15) is 11.6 Å². The fourth-order valence-electron chi connectivity index (χ4n) is 2.40. The molecule has 1 unspecified atom stereocenters. The first kappa shape index (κ1) is 13.6. The van der Waals surface area contributed by atoms with Crippen molar-refractivity contribution in [1.29, 1.82) is 0 Å². The van der Waals surface area contributed by atoms with Crippen molar-refractivity contribution in [3.63, 3.8) is 0 Å². The summed E-state index contributed by atoms with van der Waals surface area (Å²) < 4.78 is 5.15. The van der Waals surface area contributed by atoms with Crippen LogP contribution >= 0.6 is 0 Å². The van der Waals surface area contributed by atoms with Crippen LogP contribution < -0.4 is 9.64 Å². The van der Waals surface area contributed by atoms with Gasteiger partial charge in [0.25, 0.3) is 0 Å². The minimum absolute atomic E-state index is 0.241. The average molecular weight is 265 g/mol. The molecular weight excluding hydrogens is 246 g/mol. The lowest BCUT2D eigenvalue weighted by atomic mass is 10.0. The lowest BCUT2D eigenvalue weighted by Crippen LogP contribution is -2.21. The molecule has 1 aliphatic rings. The molecule has 1 atom stereocenters. The minimum Gasteiger partial charge on any atom is -0.481 e. The first-order valence-corrected chi connectivity index (χ1v) is 6.45. The lowest BCUT2D eigenvalue weighted by molar-refractivity contribution is -0.137. The van der Waals surface area contributed by atoms with Crippen molar-refractivity contribution >= 4 is 11.8 Å². The predicted molar refractivity (Wildman–Crippen MR) is 70.5 cm³/mol. The van der Waals surface area contributed by atoms with E-state index in [2.05, 4.69) is 14.9 Å². The predicted octanol–water partition coefficient (Wildman–Crippen LogP) is 1.48. The van der Waals surface area contributed by atoms with Gasteiger partial charge in [-0.05, 0) is 25.7 Å². The van der Waals surface area contributed by atoms with Gasteiger partial charge in [0.2, 0.25) is 5.88 Å². The molecule has 2 rings (SSSR count). The molecule has 1 N–H and O–H groups in total. The van der Waals surface area contributed by atoms with E-state index < -0.39 is 5.97 Å². The molecule has 0 aromatic carbocycles. The van der Waals surface area contributed by atoms with Crippen molar-refractivity contribution in [1.82, 2.24) is 9.97 Å². The molecule has 0 bridgehead atoms. The number of methoxy groups -OCH3 is 1. The van der Waals surface area contributed by atoms with E-state index in [9.17, 15) is 4.79 Å². The van der Waals surface area contributed by atoms with Gasteiger partial charge in [-0.2, -0.15) is 4.98 Å². The topological polar surface area (TPSA) is 75.5 Å². The zero-order chi connectivity index (χ0) is 13.8. The lowest BCUT2D eigenvalue weighted by Gasteiger charge is -2.18. The summed E-state index contributed by atoms with van der Waals surface area (Å²) in [4.78, 5) is 21.3. The zero-order valence-corrected chi connectivity index (χ0v) is 11.3. The molecule has 0 amide bonds. The van der Waals surface area contributed by atoms with Crippen molar-refractivity contribution in [2.24, 2.45) is 5.92 Å². The van der Waals surface area contributed by atoms with Crippen molar-refractivity contribution in [3.05, 3.63) is 11.9 Å². The number of aliphatic carboxylic acids is 1. The summed E-state index contributed by atoms with van der Waals surface area (Å²) >= 11 is 0. The molecule has 1 fully saturated rings. The number of carboxylic acid groups (broad SMARTS) is 1. The van der Waals surface area contributed by atoms with Crippen molar-refractivity contribution < 1.29 is 14.6 Å². The summed E-state index contributed by atoms with van der Waals surface area (Å²) in [5.41, 5.74) is 0. The molecule has 0 spiro atoms. The zero-order valence-electron chi connectivity index (χ0n) is 11.3. The quantitative estimate of drug-likeness (QED) is 0.869. The van der Waals surface area contributed by atoms with Gasteiger partial charge >= 0.3 is 5.97 Å². The number of carboxylic acids is 1. The van der Waals surface area contributed by atoms with E-state index in [1.807, 2.05) is 13.0 Å². The van der Waals surface area contributed by atoms with Crippen molar-refractivity contribution in [2.45, 2.75) is 26.2 Å². The second-order valence-electron chi connectivity index (χ2n) is 4.85. The largest absolute Gasteiger partial charge is 0.481 e. The molecule has 0 radical (unpaired) electrons. The summed E-state index contributed by atoms with van der Waals surface area (Å²) in [6.07, 6.45) is 1.98. The Hall–Kier alpha value is -1.85. The first-order chi connectivity index (χ1) is 9.08. The van der Waals surface area contributed by atoms with Gasteiger partial charge in [0, 0.05) is 25.6 Å². The number of hydrogen-bond donors (Lipinski definition) is 1. The van der Waals surface area contributed by atoms with E-state index in [1.54, 1.807) is 7.11 Å². The summed E-state index contributed by atoms with van der Waals surface area (Å²) in [5, 5.41) is 8.71. The van der Waals surface area contributed by atoms with E-state index in [0.29, 0.717) is 17.6 Å². The summed E-state index contributed by atoms with van der Waals surface area (Å²) in [6.45, 7) is 3.60. The maximum atomic E-state index is 10.6. The highest BCUT2D eigenvalue weighted by molar-refractivity contribution is 5.66. The van der Waals surface area contributed by atoms with Crippen LogP contribution in [0.3, 0.4) is 0 Å². The Kier molecular flexibility index (Phi) is 4.19. The van der Waals surface area contributed by atoms with E-state index in [1.165, 1.54) is 0 Å².